The Morgan fingerprint density at radius 1 is 0.578 bits per heavy atom. The lowest BCUT2D eigenvalue weighted by molar-refractivity contribution is -0.705. The van der Waals surface area contributed by atoms with Crippen LogP contribution in [0.1, 0.15) is 178 Å². The third-order valence-electron chi connectivity index (χ3n) is 10.3. The van der Waals surface area contributed by atoms with Crippen molar-refractivity contribution in [2.24, 2.45) is 0 Å². The predicted molar refractivity (Wildman–Crippen MR) is 196 cm³/mol. The number of aryl methyl sites for hydroxylation is 1. The Balaban J connectivity index is 1.54. The van der Waals surface area contributed by atoms with Gasteiger partial charge in [-0.15, -0.1) is 0 Å². The molecule has 45 heavy (non-hydrogen) atoms. The molecule has 2 nitrogen and oxygen atoms in total. The molecule has 2 atom stereocenters. The van der Waals surface area contributed by atoms with Gasteiger partial charge in [-0.1, -0.05) is 197 Å². The van der Waals surface area contributed by atoms with Gasteiger partial charge in [0.1, 0.15) is 12.4 Å². The van der Waals surface area contributed by atoms with E-state index in [1.54, 1.807) is 0 Å². The van der Waals surface area contributed by atoms with Gasteiger partial charge in [-0.3, -0.25) is 0 Å². The van der Waals surface area contributed by atoms with Crippen LogP contribution < -0.4 is 4.57 Å². The van der Waals surface area contributed by atoms with E-state index in [4.69, 9.17) is 0 Å². The highest BCUT2D eigenvalue weighted by Gasteiger charge is 2.41. The zero-order valence-corrected chi connectivity index (χ0v) is 29.7. The van der Waals surface area contributed by atoms with E-state index in [1.807, 2.05) is 0 Å². The Labute approximate surface area is 278 Å². The average molecular weight is 614 g/mol. The molecule has 0 amide bonds. The molecule has 0 saturated heterocycles. The first-order valence-corrected chi connectivity index (χ1v) is 19.3. The van der Waals surface area contributed by atoms with Crippen molar-refractivity contribution in [2.45, 2.75) is 180 Å². The number of hydrogen-bond acceptors (Lipinski definition) is 0. The van der Waals surface area contributed by atoms with Crippen LogP contribution in [0.3, 0.4) is 0 Å². The minimum atomic E-state index is 0.00895. The Hall–Kier alpha value is -2.35. The Morgan fingerprint density at radius 2 is 1.04 bits per heavy atom. The van der Waals surface area contributed by atoms with Gasteiger partial charge >= 0.3 is 0 Å². The zero-order valence-electron chi connectivity index (χ0n) is 29.7. The molecule has 3 aromatic rings. The summed E-state index contributed by atoms with van der Waals surface area (Å²) < 4.78 is 2.57. The van der Waals surface area contributed by atoms with Crippen LogP contribution in [-0.2, 0) is 18.4 Å². The van der Waals surface area contributed by atoms with E-state index >= 15 is 0 Å². The summed E-state index contributed by atoms with van der Waals surface area (Å²) in [5.41, 5.74) is 2.90. The molecule has 2 heteroatoms. The summed E-state index contributed by atoms with van der Waals surface area (Å²) in [6.45, 7) is 8.28. The van der Waals surface area contributed by atoms with Crippen LogP contribution >= 0.6 is 0 Å². The van der Waals surface area contributed by atoms with Gasteiger partial charge in [-0.25, -0.2) is 9.55 Å². The molecule has 0 aliphatic rings. The number of rotatable bonds is 27. The highest BCUT2D eigenvalue weighted by atomic mass is 15.1. The Bertz CT molecular complexity index is 1090. The number of aromatic amines is 1. The second-order valence-corrected chi connectivity index (χ2v) is 14.2. The van der Waals surface area contributed by atoms with Crippen molar-refractivity contribution in [1.82, 2.24) is 4.98 Å². The van der Waals surface area contributed by atoms with E-state index in [0.29, 0.717) is 5.92 Å². The monoisotopic (exact) mass is 614 g/mol. The maximum atomic E-state index is 3.78. The van der Waals surface area contributed by atoms with Crippen molar-refractivity contribution in [3.05, 3.63) is 90.0 Å². The molecule has 0 radical (unpaired) electrons. The van der Waals surface area contributed by atoms with Gasteiger partial charge in [0.25, 0.3) is 5.82 Å². The van der Waals surface area contributed by atoms with Crippen molar-refractivity contribution in [1.29, 1.82) is 0 Å². The largest absolute Gasteiger partial charge is 0.258 e. The van der Waals surface area contributed by atoms with E-state index in [1.165, 1.54) is 152 Å². The van der Waals surface area contributed by atoms with E-state index < -0.39 is 0 Å². The van der Waals surface area contributed by atoms with Crippen LogP contribution in [0, 0.1) is 0 Å². The number of nitrogens with one attached hydrogen (secondary N) is 1. The molecular weight excluding hydrogens is 544 g/mol. The molecule has 250 valence electrons. The van der Waals surface area contributed by atoms with Crippen LogP contribution in [0.25, 0.3) is 0 Å². The van der Waals surface area contributed by atoms with Crippen LogP contribution in [0.4, 0.5) is 0 Å². The van der Waals surface area contributed by atoms with Gasteiger partial charge in [0.15, 0.2) is 0 Å². The minimum absolute atomic E-state index is 0.00895. The molecule has 1 N–H and O–H groups in total. The zero-order chi connectivity index (χ0) is 31.8. The second-order valence-electron chi connectivity index (χ2n) is 14.2. The molecule has 0 aliphatic heterocycles. The number of unbranched alkanes of at least 4 members (excludes halogenated alkanes) is 18. The van der Waals surface area contributed by atoms with Gasteiger partial charge in [0.2, 0.25) is 0 Å². The Kier molecular flexibility index (Phi) is 19.0. The number of hydrogen-bond donors (Lipinski definition) is 1. The molecule has 0 saturated carbocycles. The van der Waals surface area contributed by atoms with Crippen molar-refractivity contribution in [2.75, 3.05) is 0 Å². The standard InChI is InChI=1S/C43H68N2/c1-4-6-8-10-11-12-13-14-15-16-17-18-19-21-29-36-45-37-35-44-42(45)41(34-28-20-9-7-5-2)43(3,40-32-26-23-27-33-40)38-39-30-24-22-25-31-39/h22-27,30-33,35,37,41H,4-21,28-29,34,36,38H2,1-3H3/p+1. The third-order valence-corrected chi connectivity index (χ3v) is 10.3. The molecule has 0 fully saturated rings. The summed E-state index contributed by atoms with van der Waals surface area (Å²) in [6, 6.07) is 22.5. The number of aromatic nitrogens is 2. The third kappa shape index (κ3) is 13.9. The number of nitrogens with zero attached hydrogens (tertiary/aromatic N) is 1. The summed E-state index contributed by atoms with van der Waals surface area (Å²) in [4.78, 5) is 3.78. The number of benzene rings is 2. The number of imidazole rings is 1. The maximum absolute atomic E-state index is 3.78. The van der Waals surface area contributed by atoms with Crippen LogP contribution in [-0.4, -0.2) is 4.98 Å². The second kappa shape index (κ2) is 23.0. The highest BCUT2D eigenvalue weighted by Crippen LogP contribution is 2.43. The van der Waals surface area contributed by atoms with Crippen molar-refractivity contribution >= 4 is 0 Å². The van der Waals surface area contributed by atoms with Crippen LogP contribution in [0.15, 0.2) is 73.1 Å². The van der Waals surface area contributed by atoms with Gasteiger partial charge in [0.05, 0.1) is 12.5 Å². The summed E-state index contributed by atoms with van der Waals surface area (Å²) in [5, 5.41) is 0. The lowest BCUT2D eigenvalue weighted by Crippen LogP contribution is -2.43. The van der Waals surface area contributed by atoms with Crippen molar-refractivity contribution < 1.29 is 4.57 Å². The van der Waals surface area contributed by atoms with E-state index in [2.05, 4.69) is 103 Å². The normalized spacial score (nSPS) is 13.6. The fourth-order valence-corrected chi connectivity index (χ4v) is 7.50. The van der Waals surface area contributed by atoms with Gasteiger partial charge in [0, 0.05) is 5.41 Å². The smallest absolute Gasteiger partial charge is 0.247 e. The lowest BCUT2D eigenvalue weighted by atomic mass is 9.66. The summed E-state index contributed by atoms with van der Waals surface area (Å²) in [5.74, 6) is 1.87. The van der Waals surface area contributed by atoms with Crippen LogP contribution in [0.2, 0.25) is 0 Å². The van der Waals surface area contributed by atoms with Gasteiger partial charge < -0.3 is 0 Å². The maximum Gasteiger partial charge on any atom is 0.258 e. The number of H-pyrrole nitrogens is 1. The molecular formula is C43H69N2+. The summed E-state index contributed by atoms with van der Waals surface area (Å²) in [7, 11) is 0. The first-order valence-electron chi connectivity index (χ1n) is 19.3. The molecule has 0 aliphatic carbocycles. The molecule has 2 unspecified atom stereocenters. The van der Waals surface area contributed by atoms with Gasteiger partial charge in [-0.05, 0) is 36.8 Å². The SMILES string of the molecule is CCCCCCCCCCCCCCCCC[n+]1cc[nH]c1C(CCCCCCC)C(C)(Cc1ccccc1)c1ccccc1. The minimum Gasteiger partial charge on any atom is -0.247 e. The van der Waals surface area contributed by atoms with Crippen molar-refractivity contribution in [3.8, 4) is 0 Å². The predicted octanol–water partition coefficient (Wildman–Crippen LogP) is 12.8. The van der Waals surface area contributed by atoms with Gasteiger partial charge in [-0.2, -0.15) is 0 Å². The topological polar surface area (TPSA) is 19.7 Å². The lowest BCUT2D eigenvalue weighted by Gasteiger charge is -2.37. The average Bonchev–Trinajstić information content (AvgIpc) is 3.53. The highest BCUT2D eigenvalue weighted by molar-refractivity contribution is 5.32. The van der Waals surface area contributed by atoms with E-state index in [9.17, 15) is 0 Å². The van der Waals surface area contributed by atoms with Crippen LogP contribution in [0.5, 0.6) is 0 Å². The first-order chi connectivity index (χ1) is 22.2. The fraction of sp³-hybridized carbons (Fsp3) is 0.651. The molecule has 3 rings (SSSR count). The molecule has 2 aromatic carbocycles. The van der Waals surface area contributed by atoms with Crippen molar-refractivity contribution in [3.63, 3.8) is 0 Å². The molecule has 0 bridgehead atoms. The van der Waals surface area contributed by atoms with E-state index in [-0.39, 0.29) is 5.41 Å². The Morgan fingerprint density at radius 3 is 1.58 bits per heavy atom. The molecule has 1 heterocycles. The summed E-state index contributed by atoms with van der Waals surface area (Å²) >= 11 is 0. The molecule has 0 spiro atoms. The van der Waals surface area contributed by atoms with E-state index in [0.717, 1.165) is 13.0 Å². The quantitative estimate of drug-likeness (QED) is 0.0652. The fourth-order valence-electron chi connectivity index (χ4n) is 7.50. The first kappa shape index (κ1) is 37.1. The summed E-state index contributed by atoms with van der Waals surface area (Å²) in [6.07, 6.45) is 34.6. The molecule has 1 aromatic heterocycles.